The van der Waals surface area contributed by atoms with E-state index in [0.29, 0.717) is 19.4 Å². The third kappa shape index (κ3) is 16.1. The van der Waals surface area contributed by atoms with E-state index in [4.69, 9.17) is 21.7 Å². The maximum atomic E-state index is 12.8. The first-order valence-corrected chi connectivity index (χ1v) is 14.6. The molecule has 0 aromatic heterocycles. The van der Waals surface area contributed by atoms with Gasteiger partial charge in [-0.2, -0.15) is 0 Å². The molecule has 0 fully saturated rings. The molecule has 47 heavy (non-hydrogen) atoms. The highest BCUT2D eigenvalue weighted by Crippen LogP contribution is 2.05. The van der Waals surface area contributed by atoms with Crippen LogP contribution in [0.1, 0.15) is 46.0 Å². The number of nitrogens with two attached hydrogens (primary N) is 2. The summed E-state index contributed by atoms with van der Waals surface area (Å²) in [5.41, 5.74) is 10.7. The van der Waals surface area contributed by atoms with E-state index in [1.807, 2.05) is 0 Å². The van der Waals surface area contributed by atoms with Crippen LogP contribution in [-0.4, -0.2) is 142 Å². The van der Waals surface area contributed by atoms with Crippen molar-refractivity contribution in [1.29, 1.82) is 0 Å². The normalized spacial score (nSPS) is 15.3. The number of carboxylic acids is 2. The van der Waals surface area contributed by atoms with Crippen molar-refractivity contribution < 1.29 is 63.9 Å². The maximum Gasteiger partial charge on any atom is 0.326 e. The summed E-state index contributed by atoms with van der Waals surface area (Å²) in [6, 6.07) is -10.2. The summed E-state index contributed by atoms with van der Waals surface area (Å²) < 4.78 is 0. The lowest BCUT2D eigenvalue weighted by Crippen LogP contribution is -2.60. The first-order valence-electron chi connectivity index (χ1n) is 14.6. The van der Waals surface area contributed by atoms with Gasteiger partial charge in [0, 0.05) is 6.42 Å². The minimum atomic E-state index is -1.65. The first-order chi connectivity index (χ1) is 22.0. The van der Waals surface area contributed by atoms with E-state index >= 15 is 0 Å². The molecule has 0 rings (SSSR count). The van der Waals surface area contributed by atoms with Crippen molar-refractivity contribution in [3.8, 4) is 0 Å². The van der Waals surface area contributed by atoms with Gasteiger partial charge in [-0.1, -0.05) is 0 Å². The second kappa shape index (κ2) is 22.1. The molecule has 0 aliphatic rings. The van der Waals surface area contributed by atoms with Gasteiger partial charge in [0.1, 0.15) is 42.3 Å². The van der Waals surface area contributed by atoms with Gasteiger partial charge < -0.3 is 68.9 Å². The highest BCUT2D eigenvalue weighted by atomic mass is 16.4. The fourth-order valence-corrected chi connectivity index (χ4v) is 3.66. The van der Waals surface area contributed by atoms with Crippen LogP contribution in [0, 0.1) is 0 Å². The number of aliphatic hydroxyl groups is 3. The van der Waals surface area contributed by atoms with Gasteiger partial charge in [0.15, 0.2) is 0 Å². The molecule has 0 aromatic carbocycles. The average molecular weight is 679 g/mol. The second-order valence-corrected chi connectivity index (χ2v) is 10.4. The molecule has 0 radical (unpaired) electrons. The van der Waals surface area contributed by atoms with Crippen molar-refractivity contribution in [3.63, 3.8) is 0 Å². The molecule has 6 amide bonds. The number of aliphatic hydroxyl groups excluding tert-OH is 3. The zero-order valence-electron chi connectivity index (χ0n) is 26.1. The van der Waals surface area contributed by atoms with Crippen molar-refractivity contribution in [3.05, 3.63) is 0 Å². The summed E-state index contributed by atoms with van der Waals surface area (Å²) in [5.74, 6) is -8.66. The monoisotopic (exact) mass is 678 g/mol. The Labute approximate surface area is 269 Å². The summed E-state index contributed by atoms with van der Waals surface area (Å²) in [5, 5.41) is 59.6. The number of carboxylic acid groups (broad SMARTS) is 2. The molecule has 7 atom stereocenters. The number of rotatable bonds is 23. The third-order valence-corrected chi connectivity index (χ3v) is 6.51. The third-order valence-electron chi connectivity index (χ3n) is 6.51. The van der Waals surface area contributed by atoms with E-state index < -0.39 is 122 Å². The molecule has 0 aliphatic heterocycles. The molecule has 0 spiro atoms. The van der Waals surface area contributed by atoms with Crippen LogP contribution in [0.5, 0.6) is 0 Å². The number of unbranched alkanes of at least 4 members (excludes halogenated alkanes) is 1. The number of nitrogens with one attached hydrogen (secondary N) is 6. The topological polar surface area (TPSA) is 362 Å². The lowest BCUT2D eigenvalue weighted by molar-refractivity contribution is -0.143. The Balaban J connectivity index is 5.36. The van der Waals surface area contributed by atoms with Crippen LogP contribution in [0.15, 0.2) is 0 Å². The van der Waals surface area contributed by atoms with Crippen LogP contribution in [0.25, 0.3) is 0 Å². The van der Waals surface area contributed by atoms with Gasteiger partial charge in [-0.3, -0.25) is 33.6 Å². The average Bonchev–Trinajstić information content (AvgIpc) is 3.02. The number of carbonyl (C=O) groups is 8. The molecule has 0 saturated carbocycles. The van der Waals surface area contributed by atoms with Gasteiger partial charge in [-0.05, 0) is 46.1 Å². The number of carbonyl (C=O) groups excluding carboxylic acids is 6. The van der Waals surface area contributed by atoms with Crippen LogP contribution in [0.4, 0.5) is 0 Å². The molecular weight excluding hydrogens is 632 g/mol. The number of amides is 6. The zero-order chi connectivity index (χ0) is 36.3. The summed E-state index contributed by atoms with van der Waals surface area (Å²) >= 11 is 0. The Morgan fingerprint density at radius 3 is 1.38 bits per heavy atom. The number of hydrogen-bond donors (Lipinski definition) is 13. The van der Waals surface area contributed by atoms with E-state index in [1.165, 1.54) is 13.8 Å². The van der Waals surface area contributed by atoms with Crippen molar-refractivity contribution in [2.75, 3.05) is 26.4 Å². The molecule has 0 unspecified atom stereocenters. The lowest BCUT2D eigenvalue weighted by Gasteiger charge is -2.25. The van der Waals surface area contributed by atoms with Crippen molar-refractivity contribution in [2.45, 2.75) is 88.2 Å². The van der Waals surface area contributed by atoms with E-state index in [1.54, 1.807) is 0 Å². The molecular formula is C26H46N8O13. The molecule has 0 saturated heterocycles. The maximum absolute atomic E-state index is 12.8. The fourth-order valence-electron chi connectivity index (χ4n) is 3.66. The van der Waals surface area contributed by atoms with Crippen LogP contribution in [0.2, 0.25) is 0 Å². The number of hydrogen-bond acceptors (Lipinski definition) is 13. The van der Waals surface area contributed by atoms with Crippen LogP contribution in [0.3, 0.4) is 0 Å². The molecule has 21 heteroatoms. The molecule has 21 nitrogen and oxygen atoms in total. The Kier molecular flexibility index (Phi) is 20.1. The first kappa shape index (κ1) is 42.6. The largest absolute Gasteiger partial charge is 0.481 e. The standard InChI is InChI=1S/C26H46N8O13/c1-12(20(40)31-15(6-7-19(38)39)23(43)32-16(26(46)47)5-3-4-8-27)29-24(44)17(10-36)33-21(41)13(2)30-25(45)18(11-37)34-22(42)14(28)9-35/h12-18,35-37H,3-11,27-28H2,1-2H3,(H,29,44)(H,30,45)(H,31,40)(H,32,43)(H,33,41)(H,34,42)(H,38,39)(H,46,47)/t12-,13-,14-,15-,16-,17-,18-/m0/s1. The Morgan fingerprint density at radius 2 is 0.979 bits per heavy atom. The predicted molar refractivity (Wildman–Crippen MR) is 160 cm³/mol. The molecule has 268 valence electrons. The quantitative estimate of drug-likeness (QED) is 0.0447. The van der Waals surface area contributed by atoms with Crippen LogP contribution >= 0.6 is 0 Å². The smallest absolute Gasteiger partial charge is 0.326 e. The van der Waals surface area contributed by atoms with E-state index in [-0.39, 0.29) is 6.42 Å². The SMILES string of the molecule is C[C@H](NC(=O)[C@H](CO)NC(=O)[C@H](C)NC(=O)[C@H](CO)NC(=O)[C@@H](N)CO)C(=O)N[C@@H](CCC(=O)O)C(=O)N[C@@H](CCCCN)C(=O)O. The Hall–Kier alpha value is -4.44. The Morgan fingerprint density at radius 1 is 0.553 bits per heavy atom. The van der Waals surface area contributed by atoms with Crippen molar-refractivity contribution >= 4 is 47.4 Å². The molecule has 0 aromatic rings. The minimum Gasteiger partial charge on any atom is -0.481 e. The minimum absolute atomic E-state index is 0.0266. The van der Waals surface area contributed by atoms with Crippen molar-refractivity contribution in [2.24, 2.45) is 11.5 Å². The van der Waals surface area contributed by atoms with Gasteiger partial charge in [-0.15, -0.1) is 0 Å². The zero-order valence-corrected chi connectivity index (χ0v) is 26.1. The van der Waals surface area contributed by atoms with Crippen molar-refractivity contribution in [1.82, 2.24) is 31.9 Å². The highest BCUT2D eigenvalue weighted by Gasteiger charge is 2.31. The Bertz CT molecular complexity index is 1110. The van der Waals surface area contributed by atoms with Gasteiger partial charge in [0.05, 0.1) is 19.8 Å². The molecule has 0 heterocycles. The van der Waals surface area contributed by atoms with E-state index in [9.17, 15) is 53.7 Å². The summed E-state index contributed by atoms with van der Waals surface area (Å²) in [6.07, 6.45) is -0.0996. The molecule has 0 bridgehead atoms. The van der Waals surface area contributed by atoms with Gasteiger partial charge in [0.25, 0.3) is 0 Å². The van der Waals surface area contributed by atoms with Crippen LogP contribution < -0.4 is 43.4 Å². The highest BCUT2D eigenvalue weighted by molar-refractivity contribution is 5.96. The lowest BCUT2D eigenvalue weighted by atomic mass is 10.1. The predicted octanol–water partition coefficient (Wildman–Crippen LogP) is -6.68. The number of aliphatic carboxylic acids is 2. The molecule has 0 aliphatic carbocycles. The van der Waals surface area contributed by atoms with E-state index in [2.05, 4.69) is 31.9 Å². The molecule has 15 N–H and O–H groups in total. The fraction of sp³-hybridized carbons (Fsp3) is 0.692. The van der Waals surface area contributed by atoms with E-state index in [0.717, 1.165) is 0 Å². The summed E-state index contributed by atoms with van der Waals surface area (Å²) in [7, 11) is 0. The summed E-state index contributed by atoms with van der Waals surface area (Å²) in [6.45, 7) is 0.0638. The second-order valence-electron chi connectivity index (χ2n) is 10.4. The summed E-state index contributed by atoms with van der Waals surface area (Å²) in [4.78, 5) is 97.7. The van der Waals surface area contributed by atoms with Gasteiger partial charge >= 0.3 is 11.9 Å². The van der Waals surface area contributed by atoms with Gasteiger partial charge in [-0.25, -0.2) is 4.79 Å². The van der Waals surface area contributed by atoms with Crippen LogP contribution in [-0.2, 0) is 38.4 Å². The van der Waals surface area contributed by atoms with Gasteiger partial charge in [0.2, 0.25) is 35.4 Å².